The van der Waals surface area contributed by atoms with Gasteiger partial charge in [0, 0.05) is 6.54 Å². The molecule has 1 saturated heterocycles. The molecular formula is C13H25N3O3. The van der Waals surface area contributed by atoms with Gasteiger partial charge in [-0.1, -0.05) is 26.7 Å². The van der Waals surface area contributed by atoms with Gasteiger partial charge >= 0.3 is 6.03 Å². The fraction of sp³-hybridized carbons (Fsp3) is 0.846. The van der Waals surface area contributed by atoms with Crippen LogP contribution < -0.4 is 11.1 Å². The first-order valence-corrected chi connectivity index (χ1v) is 6.94. The zero-order valence-electron chi connectivity index (χ0n) is 11.8. The van der Waals surface area contributed by atoms with E-state index in [1.54, 1.807) is 4.90 Å². The molecule has 0 aromatic rings. The van der Waals surface area contributed by atoms with Crippen LogP contribution in [0, 0.1) is 5.92 Å². The third-order valence-electron chi connectivity index (χ3n) is 3.60. The van der Waals surface area contributed by atoms with Gasteiger partial charge in [-0.15, -0.1) is 0 Å². The van der Waals surface area contributed by atoms with Gasteiger partial charge in [-0.05, 0) is 18.8 Å². The van der Waals surface area contributed by atoms with Crippen molar-refractivity contribution in [3.05, 3.63) is 0 Å². The van der Waals surface area contributed by atoms with Crippen LogP contribution >= 0.6 is 0 Å². The molecule has 1 fully saturated rings. The molecule has 1 aliphatic heterocycles. The van der Waals surface area contributed by atoms with E-state index in [0.29, 0.717) is 6.54 Å². The van der Waals surface area contributed by atoms with Crippen LogP contribution in [0.3, 0.4) is 0 Å². The van der Waals surface area contributed by atoms with Crippen molar-refractivity contribution < 1.29 is 14.7 Å². The average molecular weight is 271 g/mol. The van der Waals surface area contributed by atoms with Crippen LogP contribution in [0.2, 0.25) is 0 Å². The lowest BCUT2D eigenvalue weighted by molar-refractivity contribution is -0.137. The number of hydrogen-bond acceptors (Lipinski definition) is 3. The summed E-state index contributed by atoms with van der Waals surface area (Å²) in [5.41, 5.74) is 5.13. The molecule has 0 saturated carbocycles. The fourth-order valence-electron chi connectivity index (χ4n) is 2.50. The Labute approximate surface area is 114 Å². The summed E-state index contributed by atoms with van der Waals surface area (Å²) in [5.74, 6) is -0.183. The Morgan fingerprint density at radius 3 is 2.58 bits per heavy atom. The standard InChI is InChI=1S/C13H25N3O3/c1-9(2)11(15-13(14)19)12(18)16-7-5-3-4-6-10(16)8-17/h9-11,17H,3-8H2,1-2H3,(H3,14,15,19). The first kappa shape index (κ1) is 15.8. The van der Waals surface area contributed by atoms with Gasteiger partial charge in [-0.2, -0.15) is 0 Å². The Hall–Kier alpha value is -1.30. The van der Waals surface area contributed by atoms with Crippen LogP contribution in [0.4, 0.5) is 4.79 Å². The molecule has 0 aromatic carbocycles. The quantitative estimate of drug-likeness (QED) is 0.692. The van der Waals surface area contributed by atoms with Crippen LogP contribution in [-0.4, -0.2) is 47.2 Å². The van der Waals surface area contributed by atoms with Crippen LogP contribution in [0.25, 0.3) is 0 Å². The number of hydrogen-bond donors (Lipinski definition) is 3. The van der Waals surface area contributed by atoms with Crippen molar-refractivity contribution in [3.8, 4) is 0 Å². The molecule has 2 atom stereocenters. The van der Waals surface area contributed by atoms with Crippen molar-refractivity contribution in [2.75, 3.05) is 13.2 Å². The van der Waals surface area contributed by atoms with Gasteiger partial charge in [0.2, 0.25) is 5.91 Å². The zero-order valence-corrected chi connectivity index (χ0v) is 11.8. The Morgan fingerprint density at radius 1 is 1.37 bits per heavy atom. The predicted octanol–water partition coefficient (Wildman–Crippen LogP) is 0.443. The van der Waals surface area contributed by atoms with Gasteiger partial charge in [0.15, 0.2) is 0 Å². The molecule has 6 heteroatoms. The number of aliphatic hydroxyl groups excluding tert-OH is 1. The minimum absolute atomic E-state index is 0.0346. The van der Waals surface area contributed by atoms with Crippen LogP contribution in [-0.2, 0) is 4.79 Å². The summed E-state index contributed by atoms with van der Waals surface area (Å²) in [7, 11) is 0. The molecule has 3 amide bonds. The van der Waals surface area contributed by atoms with Crippen LogP contribution in [0.1, 0.15) is 39.5 Å². The smallest absolute Gasteiger partial charge is 0.312 e. The molecule has 0 spiro atoms. The Kier molecular flexibility index (Phi) is 6.08. The van der Waals surface area contributed by atoms with Crippen molar-refractivity contribution >= 4 is 11.9 Å². The molecule has 1 aliphatic rings. The third kappa shape index (κ3) is 4.38. The number of carbonyl (C=O) groups is 2. The van der Waals surface area contributed by atoms with Gasteiger partial charge in [0.1, 0.15) is 6.04 Å². The maximum atomic E-state index is 12.5. The van der Waals surface area contributed by atoms with Gasteiger partial charge in [0.25, 0.3) is 0 Å². The number of amides is 3. The highest BCUT2D eigenvalue weighted by Gasteiger charge is 2.32. The molecule has 110 valence electrons. The molecule has 1 heterocycles. The second-order valence-corrected chi connectivity index (χ2v) is 5.45. The monoisotopic (exact) mass is 271 g/mol. The van der Waals surface area contributed by atoms with E-state index in [4.69, 9.17) is 5.73 Å². The summed E-state index contributed by atoms with van der Waals surface area (Å²) in [6.45, 7) is 4.33. The van der Waals surface area contributed by atoms with Crippen LogP contribution in [0.15, 0.2) is 0 Å². The minimum atomic E-state index is -0.692. The first-order chi connectivity index (χ1) is 8.97. The zero-order chi connectivity index (χ0) is 14.4. The van der Waals surface area contributed by atoms with Crippen molar-refractivity contribution in [1.82, 2.24) is 10.2 Å². The van der Waals surface area contributed by atoms with E-state index in [1.165, 1.54) is 0 Å². The summed E-state index contributed by atoms with van der Waals surface area (Å²) in [6.07, 6.45) is 3.83. The molecule has 19 heavy (non-hydrogen) atoms. The SMILES string of the molecule is CC(C)C(NC(N)=O)C(=O)N1CCCCCC1CO. The first-order valence-electron chi connectivity index (χ1n) is 6.94. The maximum Gasteiger partial charge on any atom is 0.312 e. The molecule has 0 aromatic heterocycles. The van der Waals surface area contributed by atoms with E-state index in [0.717, 1.165) is 25.7 Å². The van der Waals surface area contributed by atoms with Gasteiger partial charge < -0.3 is 21.1 Å². The Morgan fingerprint density at radius 2 is 2.05 bits per heavy atom. The normalized spacial score (nSPS) is 21.9. The van der Waals surface area contributed by atoms with E-state index in [9.17, 15) is 14.7 Å². The number of primary amides is 1. The number of nitrogens with one attached hydrogen (secondary N) is 1. The summed E-state index contributed by atoms with van der Waals surface area (Å²) in [4.78, 5) is 25.3. The molecule has 0 radical (unpaired) electrons. The number of carbonyl (C=O) groups excluding carboxylic acids is 2. The third-order valence-corrected chi connectivity index (χ3v) is 3.60. The van der Waals surface area contributed by atoms with Gasteiger partial charge in [-0.3, -0.25) is 4.79 Å². The second-order valence-electron chi connectivity index (χ2n) is 5.45. The van der Waals surface area contributed by atoms with E-state index in [1.807, 2.05) is 13.8 Å². The van der Waals surface area contributed by atoms with Crippen molar-refractivity contribution in [2.24, 2.45) is 11.7 Å². The highest BCUT2D eigenvalue weighted by Crippen LogP contribution is 2.19. The molecule has 2 unspecified atom stereocenters. The van der Waals surface area contributed by atoms with E-state index in [2.05, 4.69) is 5.32 Å². The van der Waals surface area contributed by atoms with E-state index in [-0.39, 0.29) is 24.5 Å². The Bertz CT molecular complexity index is 320. The lowest BCUT2D eigenvalue weighted by atomic mass is 10.0. The van der Waals surface area contributed by atoms with E-state index >= 15 is 0 Å². The highest BCUT2D eigenvalue weighted by molar-refractivity contribution is 5.87. The number of likely N-dealkylation sites (tertiary alicyclic amines) is 1. The minimum Gasteiger partial charge on any atom is -0.394 e. The molecule has 0 bridgehead atoms. The summed E-state index contributed by atoms with van der Waals surface area (Å²) in [6, 6.07) is -1.46. The summed E-state index contributed by atoms with van der Waals surface area (Å²) >= 11 is 0. The van der Waals surface area contributed by atoms with Crippen molar-refractivity contribution in [3.63, 3.8) is 0 Å². The summed E-state index contributed by atoms with van der Waals surface area (Å²) < 4.78 is 0. The highest BCUT2D eigenvalue weighted by atomic mass is 16.3. The number of urea groups is 1. The topological polar surface area (TPSA) is 95.7 Å². The molecule has 4 N–H and O–H groups in total. The fourth-order valence-corrected chi connectivity index (χ4v) is 2.50. The maximum absolute atomic E-state index is 12.5. The second kappa shape index (κ2) is 7.33. The summed E-state index contributed by atoms with van der Waals surface area (Å²) in [5, 5.41) is 11.9. The number of nitrogens with two attached hydrogens (primary N) is 1. The number of rotatable bonds is 4. The van der Waals surface area contributed by atoms with Gasteiger partial charge in [0.05, 0.1) is 12.6 Å². The van der Waals surface area contributed by atoms with E-state index < -0.39 is 12.1 Å². The molecular weight excluding hydrogens is 246 g/mol. The van der Waals surface area contributed by atoms with Crippen molar-refractivity contribution in [2.45, 2.75) is 51.6 Å². The molecule has 0 aliphatic carbocycles. The number of nitrogens with zero attached hydrogens (tertiary/aromatic N) is 1. The predicted molar refractivity (Wildman–Crippen MR) is 72.4 cm³/mol. The lowest BCUT2D eigenvalue weighted by Gasteiger charge is -2.33. The van der Waals surface area contributed by atoms with Crippen molar-refractivity contribution in [1.29, 1.82) is 0 Å². The average Bonchev–Trinajstić information content (AvgIpc) is 2.59. The lowest BCUT2D eigenvalue weighted by Crippen LogP contribution is -2.55. The Balaban J connectivity index is 2.82. The largest absolute Gasteiger partial charge is 0.394 e. The number of aliphatic hydroxyl groups is 1. The molecule has 1 rings (SSSR count). The molecule has 6 nitrogen and oxygen atoms in total. The van der Waals surface area contributed by atoms with Gasteiger partial charge in [-0.25, -0.2) is 4.79 Å². The van der Waals surface area contributed by atoms with Crippen LogP contribution in [0.5, 0.6) is 0 Å².